The molecule has 3 rings (SSSR count). The van der Waals surface area contributed by atoms with Gasteiger partial charge in [0.05, 0.1) is 35.9 Å². The Bertz CT molecular complexity index is 799. The monoisotopic (exact) mass is 305 g/mol. The van der Waals surface area contributed by atoms with E-state index in [4.69, 9.17) is 10.2 Å². The maximum Gasteiger partial charge on any atom is 0.191 e. The average molecular weight is 305 g/mol. The number of nitriles is 3. The molecule has 6 nitrogen and oxygen atoms in total. The number of nitrogens with two attached hydrogens (primary N) is 1. The third-order valence-electron chi connectivity index (χ3n) is 4.75. The summed E-state index contributed by atoms with van der Waals surface area (Å²) in [6.07, 6.45) is 5.03. The van der Waals surface area contributed by atoms with Gasteiger partial charge in [-0.1, -0.05) is 6.08 Å². The standard InChI is InChI=1S/C17H15N5O/c1-22-4-2-12-13(6-18)16(21)17(9-19,10-20)15(14(12)7-22)11-3-5-23-8-11/h2-3,5,8,14-15H,4,7,21H2,1H3/t14-,15-/m0/s1. The van der Waals surface area contributed by atoms with E-state index in [1.54, 1.807) is 12.3 Å². The van der Waals surface area contributed by atoms with Gasteiger partial charge in [-0.3, -0.25) is 0 Å². The van der Waals surface area contributed by atoms with Gasteiger partial charge in [-0.2, -0.15) is 15.8 Å². The molecule has 0 spiro atoms. The molecule has 23 heavy (non-hydrogen) atoms. The molecule has 0 amide bonds. The zero-order valence-electron chi connectivity index (χ0n) is 12.7. The van der Waals surface area contributed by atoms with E-state index < -0.39 is 11.3 Å². The fourth-order valence-corrected chi connectivity index (χ4v) is 3.65. The second-order valence-electron chi connectivity index (χ2n) is 5.95. The van der Waals surface area contributed by atoms with Gasteiger partial charge >= 0.3 is 0 Å². The molecule has 0 radical (unpaired) electrons. The van der Waals surface area contributed by atoms with E-state index in [1.165, 1.54) is 6.26 Å². The highest BCUT2D eigenvalue weighted by Crippen LogP contribution is 2.53. The van der Waals surface area contributed by atoms with Crippen LogP contribution in [0.4, 0.5) is 0 Å². The second-order valence-corrected chi connectivity index (χ2v) is 5.95. The van der Waals surface area contributed by atoms with Crippen molar-refractivity contribution in [2.24, 2.45) is 17.1 Å². The highest BCUT2D eigenvalue weighted by molar-refractivity contribution is 5.59. The largest absolute Gasteiger partial charge is 0.472 e. The molecule has 0 fully saturated rings. The zero-order chi connectivity index (χ0) is 16.6. The van der Waals surface area contributed by atoms with Crippen molar-refractivity contribution in [2.45, 2.75) is 5.92 Å². The molecule has 114 valence electrons. The van der Waals surface area contributed by atoms with Crippen molar-refractivity contribution in [1.29, 1.82) is 15.8 Å². The van der Waals surface area contributed by atoms with Crippen LogP contribution in [0.15, 0.2) is 45.9 Å². The summed E-state index contributed by atoms with van der Waals surface area (Å²) >= 11 is 0. The number of likely N-dealkylation sites (N-methyl/N-ethyl adjacent to an activating group) is 1. The van der Waals surface area contributed by atoms with Crippen LogP contribution in [-0.4, -0.2) is 25.0 Å². The minimum absolute atomic E-state index is 0.0447. The molecule has 1 aromatic heterocycles. The normalized spacial score (nSPS) is 26.4. The highest BCUT2D eigenvalue weighted by Gasteiger charge is 2.54. The van der Waals surface area contributed by atoms with Crippen LogP contribution < -0.4 is 5.73 Å². The van der Waals surface area contributed by atoms with Gasteiger partial charge in [-0.05, 0) is 24.3 Å². The van der Waals surface area contributed by atoms with Crippen LogP contribution in [0.1, 0.15) is 11.5 Å². The van der Waals surface area contributed by atoms with Crippen molar-refractivity contribution in [3.63, 3.8) is 0 Å². The van der Waals surface area contributed by atoms with Crippen LogP contribution in [0.5, 0.6) is 0 Å². The molecular formula is C17H15N5O. The third kappa shape index (κ3) is 1.95. The molecule has 0 saturated heterocycles. The van der Waals surface area contributed by atoms with Crippen LogP contribution >= 0.6 is 0 Å². The van der Waals surface area contributed by atoms with Gasteiger partial charge in [0.1, 0.15) is 6.07 Å². The fourth-order valence-electron chi connectivity index (χ4n) is 3.65. The molecule has 0 bridgehead atoms. The van der Waals surface area contributed by atoms with Crippen molar-refractivity contribution in [3.8, 4) is 18.2 Å². The number of fused-ring (bicyclic) bond motifs is 1. The highest BCUT2D eigenvalue weighted by atomic mass is 16.3. The summed E-state index contributed by atoms with van der Waals surface area (Å²) in [6, 6.07) is 8.02. The molecule has 0 saturated carbocycles. The number of hydrogen-bond donors (Lipinski definition) is 1. The average Bonchev–Trinajstić information content (AvgIpc) is 3.08. The second kappa shape index (κ2) is 5.32. The fraction of sp³-hybridized carbons (Fsp3) is 0.353. The molecule has 0 unspecified atom stereocenters. The first-order valence-electron chi connectivity index (χ1n) is 7.23. The Balaban J connectivity index is 2.33. The number of nitrogens with zero attached hydrogens (tertiary/aromatic N) is 4. The topological polar surface area (TPSA) is 114 Å². The molecule has 1 aliphatic carbocycles. The lowest BCUT2D eigenvalue weighted by atomic mass is 9.58. The van der Waals surface area contributed by atoms with Crippen LogP contribution in [-0.2, 0) is 0 Å². The summed E-state index contributed by atoms with van der Waals surface area (Å²) in [4.78, 5) is 2.09. The molecule has 6 heteroatoms. The Labute approximate surface area is 134 Å². The van der Waals surface area contributed by atoms with E-state index in [0.29, 0.717) is 13.1 Å². The Hall–Kier alpha value is -3.01. The van der Waals surface area contributed by atoms with Crippen molar-refractivity contribution in [1.82, 2.24) is 4.90 Å². The van der Waals surface area contributed by atoms with Crippen LogP contribution in [0.25, 0.3) is 0 Å². The number of allylic oxidation sites excluding steroid dienone is 2. The van der Waals surface area contributed by atoms with Crippen molar-refractivity contribution >= 4 is 0 Å². The van der Waals surface area contributed by atoms with Gasteiger partial charge in [0.25, 0.3) is 0 Å². The van der Waals surface area contributed by atoms with Gasteiger partial charge in [0.15, 0.2) is 5.41 Å². The van der Waals surface area contributed by atoms with Crippen LogP contribution in [0, 0.1) is 45.3 Å². The van der Waals surface area contributed by atoms with E-state index in [2.05, 4.69) is 23.1 Å². The van der Waals surface area contributed by atoms with Gasteiger partial charge in [-0.25, -0.2) is 0 Å². The first kappa shape index (κ1) is 14.9. The first-order valence-corrected chi connectivity index (χ1v) is 7.23. The molecule has 2 atom stereocenters. The third-order valence-corrected chi connectivity index (χ3v) is 4.75. The Morgan fingerprint density at radius 1 is 1.35 bits per heavy atom. The minimum atomic E-state index is -1.57. The van der Waals surface area contributed by atoms with Gasteiger partial charge in [0.2, 0.25) is 0 Å². The summed E-state index contributed by atoms with van der Waals surface area (Å²) in [5.41, 5.74) is 6.47. The molecule has 1 aromatic rings. The van der Waals surface area contributed by atoms with Gasteiger partial charge in [0, 0.05) is 24.9 Å². The lowest BCUT2D eigenvalue weighted by Crippen LogP contribution is -2.47. The van der Waals surface area contributed by atoms with Crippen molar-refractivity contribution in [2.75, 3.05) is 20.1 Å². The Morgan fingerprint density at radius 3 is 2.65 bits per heavy atom. The maximum atomic E-state index is 9.79. The van der Waals surface area contributed by atoms with Crippen LogP contribution in [0.3, 0.4) is 0 Å². The van der Waals surface area contributed by atoms with E-state index >= 15 is 0 Å². The zero-order valence-corrected chi connectivity index (χ0v) is 12.7. The van der Waals surface area contributed by atoms with E-state index in [-0.39, 0.29) is 17.2 Å². The summed E-state index contributed by atoms with van der Waals surface area (Å²) in [7, 11) is 1.97. The van der Waals surface area contributed by atoms with E-state index in [9.17, 15) is 15.8 Å². The summed E-state index contributed by atoms with van der Waals surface area (Å²) < 4.78 is 5.17. The quantitative estimate of drug-likeness (QED) is 0.843. The number of hydrogen-bond acceptors (Lipinski definition) is 6. The predicted octanol–water partition coefficient (Wildman–Crippen LogP) is 1.63. The number of rotatable bonds is 1. The lowest BCUT2D eigenvalue weighted by molar-refractivity contribution is 0.237. The van der Waals surface area contributed by atoms with Crippen LogP contribution in [0.2, 0.25) is 0 Å². The SMILES string of the molecule is CN1CC=C2C(C#N)=C(N)C(C#N)(C#N)[C@@H](c3ccoc3)[C@H]2C1. The molecule has 1 aliphatic heterocycles. The summed E-state index contributed by atoms with van der Waals surface area (Å²) in [5, 5.41) is 29.1. The smallest absolute Gasteiger partial charge is 0.191 e. The molecular weight excluding hydrogens is 290 g/mol. The Kier molecular flexibility index (Phi) is 3.45. The summed E-state index contributed by atoms with van der Waals surface area (Å²) in [6.45, 7) is 1.35. The number of furan rings is 1. The van der Waals surface area contributed by atoms with Gasteiger partial charge in [-0.15, -0.1) is 0 Å². The van der Waals surface area contributed by atoms with Crippen molar-refractivity contribution < 1.29 is 4.42 Å². The molecule has 2 aliphatic rings. The molecule has 2 heterocycles. The van der Waals surface area contributed by atoms with Crippen molar-refractivity contribution in [3.05, 3.63) is 47.1 Å². The first-order chi connectivity index (χ1) is 11.1. The predicted molar refractivity (Wildman–Crippen MR) is 81.0 cm³/mol. The minimum Gasteiger partial charge on any atom is -0.472 e. The van der Waals surface area contributed by atoms with E-state index in [1.807, 2.05) is 13.1 Å². The van der Waals surface area contributed by atoms with Gasteiger partial charge < -0.3 is 15.1 Å². The lowest BCUT2D eigenvalue weighted by Gasteiger charge is -2.44. The van der Waals surface area contributed by atoms with E-state index in [0.717, 1.165) is 11.1 Å². The molecule has 2 N–H and O–H groups in total. The Morgan fingerprint density at radius 2 is 2.09 bits per heavy atom. The maximum absolute atomic E-state index is 9.79. The summed E-state index contributed by atoms with van der Waals surface area (Å²) in [5.74, 6) is -0.630. The molecule has 0 aromatic carbocycles.